The topological polar surface area (TPSA) is 104 Å². The highest BCUT2D eigenvalue weighted by Crippen LogP contribution is 2.27. The number of hydrogen-bond donors (Lipinski definition) is 3. The summed E-state index contributed by atoms with van der Waals surface area (Å²) in [6.45, 7) is 0.911. The molecule has 3 N–H and O–H groups in total. The number of hydrogen-bond acceptors (Lipinski definition) is 3. The van der Waals surface area contributed by atoms with Crippen LogP contribution in [0.3, 0.4) is 0 Å². The second-order valence-corrected chi connectivity index (χ2v) is 4.35. The van der Waals surface area contributed by atoms with Crippen molar-refractivity contribution in [1.82, 2.24) is 5.32 Å². The summed E-state index contributed by atoms with van der Waals surface area (Å²) < 4.78 is 0. The molecule has 1 aromatic carbocycles. The van der Waals surface area contributed by atoms with E-state index >= 15 is 0 Å². The first kappa shape index (κ1) is 14.7. The molecule has 0 aliphatic rings. The molecule has 102 valence electrons. The molecule has 0 aliphatic heterocycles. The zero-order chi connectivity index (χ0) is 14.5. The summed E-state index contributed by atoms with van der Waals surface area (Å²) in [6, 6.07) is 8.37. The van der Waals surface area contributed by atoms with Crippen LogP contribution in [-0.4, -0.2) is 34.6 Å². The molecule has 0 radical (unpaired) electrons. The van der Waals surface area contributed by atoms with Gasteiger partial charge >= 0.3 is 11.9 Å². The molecule has 0 bridgehead atoms. The van der Waals surface area contributed by atoms with Gasteiger partial charge in [-0.25, -0.2) is 0 Å². The van der Waals surface area contributed by atoms with Gasteiger partial charge in [0, 0.05) is 6.42 Å². The van der Waals surface area contributed by atoms with Crippen molar-refractivity contribution in [3.05, 3.63) is 35.9 Å². The van der Waals surface area contributed by atoms with Crippen LogP contribution in [0.25, 0.3) is 0 Å². The quantitative estimate of drug-likeness (QED) is 0.699. The van der Waals surface area contributed by atoms with Crippen molar-refractivity contribution in [3.63, 3.8) is 0 Å². The normalized spacial score (nSPS) is 13.3. The molecule has 0 saturated heterocycles. The van der Waals surface area contributed by atoms with Gasteiger partial charge in [0.05, 0.1) is 5.41 Å². The van der Waals surface area contributed by atoms with Crippen molar-refractivity contribution >= 4 is 17.8 Å². The summed E-state index contributed by atoms with van der Waals surface area (Å²) in [6.07, 6.45) is -0.320. The number of carboxylic acids is 2. The molecule has 19 heavy (non-hydrogen) atoms. The van der Waals surface area contributed by atoms with E-state index in [-0.39, 0.29) is 6.42 Å². The Labute approximate surface area is 110 Å². The highest BCUT2D eigenvalue weighted by molar-refractivity contribution is 5.90. The lowest BCUT2D eigenvalue weighted by atomic mass is 9.79. The third kappa shape index (κ3) is 3.80. The van der Waals surface area contributed by atoms with Gasteiger partial charge in [0.15, 0.2) is 0 Å². The molecule has 0 aromatic heterocycles. The first-order valence-electron chi connectivity index (χ1n) is 5.63. The molecule has 0 spiro atoms. The number of benzene rings is 1. The minimum atomic E-state index is -1.39. The fourth-order valence-electron chi connectivity index (χ4n) is 1.66. The molecule has 1 unspecified atom stereocenters. The Morgan fingerprint density at radius 1 is 1.16 bits per heavy atom. The average Bonchev–Trinajstić information content (AvgIpc) is 2.37. The maximum Gasteiger partial charge on any atom is 0.322 e. The molecule has 1 rings (SSSR count). The molecule has 0 heterocycles. The number of carboxylic acid groups (broad SMARTS) is 2. The minimum Gasteiger partial charge on any atom is -0.481 e. The Morgan fingerprint density at radius 2 is 1.74 bits per heavy atom. The van der Waals surface area contributed by atoms with Gasteiger partial charge in [0.2, 0.25) is 5.91 Å². The number of carbonyl (C=O) groups is 3. The predicted octanol–water partition coefficient (Wildman–Crippen LogP) is 0.620. The molecule has 0 aliphatic carbocycles. The number of nitrogens with one attached hydrogen (secondary N) is 1. The number of aliphatic carboxylic acids is 2. The van der Waals surface area contributed by atoms with E-state index in [0.717, 1.165) is 0 Å². The monoisotopic (exact) mass is 265 g/mol. The fraction of sp³-hybridized carbons (Fsp3) is 0.308. The summed E-state index contributed by atoms with van der Waals surface area (Å²) in [5.41, 5.74) is -0.892. The molecule has 1 aromatic rings. The first-order valence-corrected chi connectivity index (χ1v) is 5.63. The Morgan fingerprint density at radius 3 is 2.21 bits per heavy atom. The summed E-state index contributed by atoms with van der Waals surface area (Å²) in [7, 11) is 0. The van der Waals surface area contributed by atoms with Gasteiger partial charge in [0.25, 0.3) is 0 Å². The minimum absolute atomic E-state index is 0.320. The van der Waals surface area contributed by atoms with Crippen LogP contribution in [0.5, 0.6) is 0 Å². The van der Waals surface area contributed by atoms with E-state index in [2.05, 4.69) is 5.32 Å². The predicted molar refractivity (Wildman–Crippen MR) is 66.7 cm³/mol. The van der Waals surface area contributed by atoms with Crippen molar-refractivity contribution in [2.75, 3.05) is 6.54 Å². The standard InChI is InChI=1S/C13H15NO5/c1-13(12(18)19,9-5-3-2-4-6-9)7-10(15)14-8-11(16)17/h2-6H,7-8H2,1H3,(H,14,15)(H,16,17)(H,18,19). The first-order chi connectivity index (χ1) is 8.86. The van der Waals surface area contributed by atoms with Crippen molar-refractivity contribution in [2.24, 2.45) is 0 Å². The average molecular weight is 265 g/mol. The van der Waals surface area contributed by atoms with Crippen LogP contribution in [0.1, 0.15) is 18.9 Å². The highest BCUT2D eigenvalue weighted by atomic mass is 16.4. The molecule has 6 heteroatoms. The third-order valence-corrected chi connectivity index (χ3v) is 2.83. The van der Waals surface area contributed by atoms with Crippen LogP contribution >= 0.6 is 0 Å². The van der Waals surface area contributed by atoms with E-state index in [9.17, 15) is 19.5 Å². The smallest absolute Gasteiger partial charge is 0.322 e. The van der Waals surface area contributed by atoms with Crippen LogP contribution in [0, 0.1) is 0 Å². The largest absolute Gasteiger partial charge is 0.481 e. The van der Waals surface area contributed by atoms with Gasteiger partial charge in [-0.1, -0.05) is 30.3 Å². The van der Waals surface area contributed by atoms with Crippen LogP contribution in [0.15, 0.2) is 30.3 Å². The van der Waals surface area contributed by atoms with Crippen molar-refractivity contribution in [2.45, 2.75) is 18.8 Å². The van der Waals surface area contributed by atoms with E-state index in [0.29, 0.717) is 5.56 Å². The second-order valence-electron chi connectivity index (χ2n) is 4.35. The summed E-state index contributed by atoms with van der Waals surface area (Å²) >= 11 is 0. The maximum absolute atomic E-state index is 11.6. The Kier molecular flexibility index (Phi) is 4.63. The third-order valence-electron chi connectivity index (χ3n) is 2.83. The van der Waals surface area contributed by atoms with Gasteiger partial charge < -0.3 is 15.5 Å². The lowest BCUT2D eigenvalue weighted by Crippen LogP contribution is -2.40. The summed E-state index contributed by atoms with van der Waals surface area (Å²) in [5.74, 6) is -2.93. The van der Waals surface area contributed by atoms with Crippen LogP contribution in [0.4, 0.5) is 0 Å². The van der Waals surface area contributed by atoms with Gasteiger partial charge in [-0.2, -0.15) is 0 Å². The number of amides is 1. The number of rotatable bonds is 6. The molecule has 0 saturated carbocycles. The lowest BCUT2D eigenvalue weighted by molar-refractivity contribution is -0.145. The van der Waals surface area contributed by atoms with E-state index in [1.54, 1.807) is 30.3 Å². The molecule has 0 fully saturated rings. The molecular formula is C13H15NO5. The van der Waals surface area contributed by atoms with Gasteiger partial charge in [-0.05, 0) is 12.5 Å². The van der Waals surface area contributed by atoms with Crippen molar-refractivity contribution in [3.8, 4) is 0 Å². The van der Waals surface area contributed by atoms with Crippen molar-refractivity contribution in [1.29, 1.82) is 0 Å². The van der Waals surface area contributed by atoms with Crippen molar-refractivity contribution < 1.29 is 24.6 Å². The van der Waals surface area contributed by atoms with E-state index in [4.69, 9.17) is 5.11 Å². The molecule has 6 nitrogen and oxygen atoms in total. The summed E-state index contributed by atoms with van der Waals surface area (Å²) in [5, 5.41) is 19.9. The molecular weight excluding hydrogens is 250 g/mol. The Hall–Kier alpha value is -2.37. The SMILES string of the molecule is CC(CC(=O)NCC(=O)O)(C(=O)O)c1ccccc1. The zero-order valence-electron chi connectivity index (χ0n) is 10.4. The number of carbonyl (C=O) groups excluding carboxylic acids is 1. The Bertz CT molecular complexity index is 485. The lowest BCUT2D eigenvalue weighted by Gasteiger charge is -2.24. The Balaban J connectivity index is 2.87. The van der Waals surface area contributed by atoms with Crippen LogP contribution < -0.4 is 5.32 Å². The van der Waals surface area contributed by atoms with Crippen LogP contribution in [0.2, 0.25) is 0 Å². The summed E-state index contributed by atoms with van der Waals surface area (Å²) in [4.78, 5) is 33.3. The molecule has 1 atom stereocenters. The second kappa shape index (κ2) is 5.99. The molecule has 1 amide bonds. The van der Waals surface area contributed by atoms with E-state index in [1.807, 2.05) is 0 Å². The van der Waals surface area contributed by atoms with Crippen LogP contribution in [-0.2, 0) is 19.8 Å². The van der Waals surface area contributed by atoms with Gasteiger partial charge in [-0.3, -0.25) is 14.4 Å². The maximum atomic E-state index is 11.6. The van der Waals surface area contributed by atoms with Gasteiger partial charge in [0.1, 0.15) is 6.54 Å². The van der Waals surface area contributed by atoms with Gasteiger partial charge in [-0.15, -0.1) is 0 Å². The fourth-order valence-corrected chi connectivity index (χ4v) is 1.66. The highest BCUT2D eigenvalue weighted by Gasteiger charge is 2.37. The zero-order valence-corrected chi connectivity index (χ0v) is 10.4. The van der Waals surface area contributed by atoms with E-state index in [1.165, 1.54) is 6.92 Å². The van der Waals surface area contributed by atoms with E-state index < -0.39 is 29.8 Å².